The molecule has 1 aromatic heterocycles. The molecule has 0 spiro atoms. The average molecular weight is 305 g/mol. The van der Waals surface area contributed by atoms with Crippen molar-refractivity contribution in [1.29, 1.82) is 0 Å². The van der Waals surface area contributed by atoms with Crippen molar-refractivity contribution in [3.8, 4) is 0 Å². The lowest BCUT2D eigenvalue weighted by atomic mass is 10.1. The Labute approximate surface area is 132 Å². The molecule has 3 N–H and O–H groups in total. The molecule has 1 heterocycles. The van der Waals surface area contributed by atoms with E-state index in [1.54, 1.807) is 24.5 Å². The molecule has 0 saturated heterocycles. The summed E-state index contributed by atoms with van der Waals surface area (Å²) >= 11 is 0. The molecule has 0 aromatic carbocycles. The highest BCUT2D eigenvalue weighted by atomic mass is 16.1. The van der Waals surface area contributed by atoms with E-state index >= 15 is 0 Å². The molecule has 1 atom stereocenters. The lowest BCUT2D eigenvalue weighted by Gasteiger charge is -2.20. The minimum absolute atomic E-state index is 0.128. The van der Waals surface area contributed by atoms with Crippen molar-refractivity contribution in [2.45, 2.75) is 33.7 Å². The summed E-state index contributed by atoms with van der Waals surface area (Å²) in [5.74, 6) is 1.17. The van der Waals surface area contributed by atoms with Crippen LogP contribution in [-0.4, -0.2) is 42.5 Å². The van der Waals surface area contributed by atoms with Gasteiger partial charge in [0, 0.05) is 31.5 Å². The number of pyridine rings is 1. The lowest BCUT2D eigenvalue weighted by molar-refractivity contribution is 0.0954. The summed E-state index contributed by atoms with van der Waals surface area (Å²) in [6.45, 7) is 10.3. The molecule has 1 aromatic rings. The van der Waals surface area contributed by atoms with Crippen LogP contribution in [0.3, 0.4) is 0 Å². The highest BCUT2D eigenvalue weighted by Gasteiger charge is 2.08. The fourth-order valence-corrected chi connectivity index (χ4v) is 1.64. The van der Waals surface area contributed by atoms with E-state index in [4.69, 9.17) is 0 Å². The van der Waals surface area contributed by atoms with Crippen LogP contribution in [0.2, 0.25) is 0 Å². The molecule has 1 amide bonds. The third-order valence-electron chi connectivity index (χ3n) is 3.30. The highest BCUT2D eigenvalue weighted by Crippen LogP contribution is 1.99. The monoisotopic (exact) mass is 305 g/mol. The van der Waals surface area contributed by atoms with Crippen LogP contribution in [0.4, 0.5) is 0 Å². The Morgan fingerprint density at radius 2 is 2.09 bits per heavy atom. The Balaban J connectivity index is 2.42. The fraction of sp³-hybridized carbons (Fsp3) is 0.562. The van der Waals surface area contributed by atoms with E-state index in [2.05, 4.69) is 46.7 Å². The van der Waals surface area contributed by atoms with Crippen LogP contribution >= 0.6 is 0 Å². The molecule has 0 aliphatic rings. The third kappa shape index (κ3) is 6.56. The summed E-state index contributed by atoms with van der Waals surface area (Å²) in [4.78, 5) is 20.2. The number of rotatable bonds is 7. The fourth-order valence-electron chi connectivity index (χ4n) is 1.64. The van der Waals surface area contributed by atoms with E-state index < -0.39 is 0 Å². The molecule has 122 valence electrons. The van der Waals surface area contributed by atoms with E-state index in [0.29, 0.717) is 30.6 Å². The summed E-state index contributed by atoms with van der Waals surface area (Å²) in [5, 5.41) is 9.39. The zero-order valence-corrected chi connectivity index (χ0v) is 13.9. The topological polar surface area (TPSA) is 78.4 Å². The second-order valence-corrected chi connectivity index (χ2v) is 5.44. The quantitative estimate of drug-likeness (QED) is 0.404. The molecule has 6 nitrogen and oxygen atoms in total. The molecular weight excluding hydrogens is 278 g/mol. The van der Waals surface area contributed by atoms with Crippen molar-refractivity contribution >= 4 is 11.9 Å². The first-order valence-electron chi connectivity index (χ1n) is 7.77. The van der Waals surface area contributed by atoms with Gasteiger partial charge >= 0.3 is 0 Å². The van der Waals surface area contributed by atoms with Crippen LogP contribution < -0.4 is 16.0 Å². The van der Waals surface area contributed by atoms with Crippen LogP contribution in [0.15, 0.2) is 29.5 Å². The number of nitrogens with zero attached hydrogens (tertiary/aromatic N) is 2. The maximum atomic E-state index is 11.9. The van der Waals surface area contributed by atoms with Gasteiger partial charge in [-0.2, -0.15) is 0 Å². The number of amides is 1. The largest absolute Gasteiger partial charge is 0.357 e. The van der Waals surface area contributed by atoms with Crippen LogP contribution in [0.1, 0.15) is 38.1 Å². The Morgan fingerprint density at radius 3 is 2.68 bits per heavy atom. The first-order valence-corrected chi connectivity index (χ1v) is 7.77. The van der Waals surface area contributed by atoms with Gasteiger partial charge in [-0.15, -0.1) is 0 Å². The molecule has 0 saturated carbocycles. The molecule has 1 unspecified atom stereocenters. The predicted octanol–water partition coefficient (Wildman–Crippen LogP) is 1.41. The predicted molar refractivity (Wildman–Crippen MR) is 90.0 cm³/mol. The minimum Gasteiger partial charge on any atom is -0.357 e. The standard InChI is InChI=1S/C16H27N5O/c1-5-18-16(21-13(4)12(2)3)20-10-9-19-15(22)14-7-6-8-17-11-14/h6-8,11-13H,5,9-10H2,1-4H3,(H,19,22)(H2,18,20,21). The number of aromatic nitrogens is 1. The van der Waals surface area contributed by atoms with E-state index in [1.807, 2.05) is 6.92 Å². The Bertz CT molecular complexity index is 473. The normalized spacial score (nSPS) is 12.9. The van der Waals surface area contributed by atoms with Gasteiger partial charge in [0.25, 0.3) is 5.91 Å². The van der Waals surface area contributed by atoms with Gasteiger partial charge in [0.1, 0.15) is 0 Å². The van der Waals surface area contributed by atoms with E-state index in [-0.39, 0.29) is 5.91 Å². The number of carbonyl (C=O) groups excluding carboxylic acids is 1. The van der Waals surface area contributed by atoms with E-state index in [9.17, 15) is 4.79 Å². The molecule has 0 bridgehead atoms. The Hall–Kier alpha value is -2.11. The van der Waals surface area contributed by atoms with Gasteiger partial charge in [-0.1, -0.05) is 13.8 Å². The smallest absolute Gasteiger partial charge is 0.252 e. The van der Waals surface area contributed by atoms with Crippen LogP contribution in [-0.2, 0) is 0 Å². The molecular formula is C16H27N5O. The van der Waals surface area contributed by atoms with E-state index in [1.165, 1.54) is 0 Å². The molecule has 0 aliphatic heterocycles. The molecule has 0 aliphatic carbocycles. The molecule has 1 rings (SSSR count). The van der Waals surface area contributed by atoms with Crippen molar-refractivity contribution in [2.75, 3.05) is 19.6 Å². The Morgan fingerprint density at radius 1 is 1.32 bits per heavy atom. The zero-order valence-electron chi connectivity index (χ0n) is 13.9. The summed E-state index contributed by atoms with van der Waals surface area (Å²) in [5.41, 5.74) is 0.560. The van der Waals surface area contributed by atoms with Crippen molar-refractivity contribution in [3.05, 3.63) is 30.1 Å². The SMILES string of the molecule is CCNC(=NCCNC(=O)c1cccnc1)NC(C)C(C)C. The van der Waals surface area contributed by atoms with Crippen molar-refractivity contribution in [1.82, 2.24) is 20.9 Å². The molecule has 6 heteroatoms. The van der Waals surface area contributed by atoms with Gasteiger partial charge in [0.2, 0.25) is 0 Å². The number of carbonyl (C=O) groups is 1. The highest BCUT2D eigenvalue weighted by molar-refractivity contribution is 5.93. The third-order valence-corrected chi connectivity index (χ3v) is 3.30. The molecule has 0 fully saturated rings. The first-order chi connectivity index (χ1) is 10.5. The molecule has 22 heavy (non-hydrogen) atoms. The van der Waals surface area contributed by atoms with Gasteiger partial charge in [0.15, 0.2) is 5.96 Å². The summed E-state index contributed by atoms with van der Waals surface area (Å²) in [6.07, 6.45) is 3.19. The first kappa shape index (κ1) is 17.9. The number of aliphatic imine (C=N–C) groups is 1. The van der Waals surface area contributed by atoms with Crippen molar-refractivity contribution in [3.63, 3.8) is 0 Å². The van der Waals surface area contributed by atoms with Crippen molar-refractivity contribution in [2.24, 2.45) is 10.9 Å². The summed E-state index contributed by atoms with van der Waals surface area (Å²) in [7, 11) is 0. The number of hydrogen-bond acceptors (Lipinski definition) is 3. The minimum atomic E-state index is -0.128. The van der Waals surface area contributed by atoms with E-state index in [0.717, 1.165) is 12.5 Å². The van der Waals surface area contributed by atoms with Gasteiger partial charge < -0.3 is 16.0 Å². The maximum absolute atomic E-state index is 11.9. The lowest BCUT2D eigenvalue weighted by Crippen LogP contribution is -2.44. The maximum Gasteiger partial charge on any atom is 0.252 e. The van der Waals surface area contributed by atoms with Gasteiger partial charge in [-0.3, -0.25) is 14.8 Å². The average Bonchev–Trinajstić information content (AvgIpc) is 2.52. The zero-order chi connectivity index (χ0) is 16.4. The van der Waals surface area contributed by atoms with Crippen molar-refractivity contribution < 1.29 is 4.79 Å². The number of hydrogen-bond donors (Lipinski definition) is 3. The summed E-state index contributed by atoms with van der Waals surface area (Å²) < 4.78 is 0. The Kier molecular flexibility index (Phi) is 7.96. The van der Waals surface area contributed by atoms with Crippen LogP contribution in [0.5, 0.6) is 0 Å². The summed E-state index contributed by atoms with van der Waals surface area (Å²) in [6, 6.07) is 3.82. The van der Waals surface area contributed by atoms with Gasteiger partial charge in [-0.05, 0) is 31.9 Å². The van der Waals surface area contributed by atoms with Crippen LogP contribution in [0.25, 0.3) is 0 Å². The van der Waals surface area contributed by atoms with Crippen LogP contribution in [0, 0.1) is 5.92 Å². The second kappa shape index (κ2) is 9.76. The second-order valence-electron chi connectivity index (χ2n) is 5.44. The number of guanidine groups is 1. The van der Waals surface area contributed by atoms with Gasteiger partial charge in [-0.25, -0.2) is 0 Å². The van der Waals surface area contributed by atoms with Gasteiger partial charge in [0.05, 0.1) is 12.1 Å². The number of nitrogens with one attached hydrogen (secondary N) is 3. The molecule has 0 radical (unpaired) electrons.